The molecule has 1 amide bonds. The van der Waals surface area contributed by atoms with Gasteiger partial charge in [-0.05, 0) is 54.9 Å². The van der Waals surface area contributed by atoms with Gasteiger partial charge < -0.3 is 15.4 Å². The highest BCUT2D eigenvalue weighted by Crippen LogP contribution is 2.42. The normalized spacial score (nSPS) is 16.4. The van der Waals surface area contributed by atoms with Crippen molar-refractivity contribution in [2.24, 2.45) is 11.1 Å². The molecule has 174 valence electrons. The number of nitrogens with zero attached hydrogens (tertiary/aromatic N) is 1. The SMILES string of the molecule is CCN1C=C(C(CC)(CC)c2ccc(OCC(=C=O)C(C)(C)C)c(C)c2)C=CC1C(N)=O. The van der Waals surface area contributed by atoms with Gasteiger partial charge >= 0.3 is 0 Å². The van der Waals surface area contributed by atoms with Gasteiger partial charge in [0.1, 0.15) is 24.3 Å². The number of carbonyl (C=O) groups excluding carboxylic acids is 2. The zero-order chi connectivity index (χ0) is 24.1. The van der Waals surface area contributed by atoms with Crippen molar-refractivity contribution in [1.82, 2.24) is 4.90 Å². The molecule has 5 heteroatoms. The molecule has 2 N–H and O–H groups in total. The summed E-state index contributed by atoms with van der Waals surface area (Å²) in [5.74, 6) is 2.47. The van der Waals surface area contributed by atoms with Crippen molar-refractivity contribution in [3.63, 3.8) is 0 Å². The van der Waals surface area contributed by atoms with Crippen molar-refractivity contribution in [2.45, 2.75) is 72.8 Å². The van der Waals surface area contributed by atoms with Gasteiger partial charge in [0.05, 0.1) is 5.57 Å². The average Bonchev–Trinajstić information content (AvgIpc) is 2.75. The minimum absolute atomic E-state index is 0.185. The molecule has 5 nitrogen and oxygen atoms in total. The number of amides is 1. The van der Waals surface area contributed by atoms with Crippen LogP contribution in [0.3, 0.4) is 0 Å². The summed E-state index contributed by atoms with van der Waals surface area (Å²) in [7, 11) is 0. The van der Waals surface area contributed by atoms with Gasteiger partial charge in [0.2, 0.25) is 5.91 Å². The Morgan fingerprint density at radius 1 is 1.19 bits per heavy atom. The lowest BCUT2D eigenvalue weighted by Crippen LogP contribution is -2.43. The molecule has 1 atom stereocenters. The number of benzene rings is 1. The van der Waals surface area contributed by atoms with Gasteiger partial charge in [0.15, 0.2) is 0 Å². The number of likely N-dealkylation sites (N-methyl/N-ethyl adjacent to an activating group) is 1. The first-order valence-corrected chi connectivity index (χ1v) is 11.5. The van der Waals surface area contributed by atoms with Crippen molar-refractivity contribution >= 4 is 11.8 Å². The summed E-state index contributed by atoms with van der Waals surface area (Å²) < 4.78 is 5.98. The second kappa shape index (κ2) is 10.2. The molecule has 1 aromatic rings. The molecule has 0 bridgehead atoms. The molecule has 1 heterocycles. The lowest BCUT2D eigenvalue weighted by molar-refractivity contribution is -0.120. The average molecular weight is 439 g/mol. The number of primary amides is 1. The van der Waals surface area contributed by atoms with Gasteiger partial charge in [-0.25, -0.2) is 4.79 Å². The van der Waals surface area contributed by atoms with Crippen molar-refractivity contribution in [1.29, 1.82) is 0 Å². The monoisotopic (exact) mass is 438 g/mol. The van der Waals surface area contributed by atoms with Gasteiger partial charge in [-0.3, -0.25) is 4.79 Å². The molecule has 0 radical (unpaired) electrons. The van der Waals surface area contributed by atoms with Crippen LogP contribution in [0.5, 0.6) is 5.75 Å². The molecular formula is C27H38N2O3. The molecule has 1 aliphatic heterocycles. The molecule has 0 spiro atoms. The van der Waals surface area contributed by atoms with E-state index in [0.717, 1.165) is 24.2 Å². The fourth-order valence-electron chi connectivity index (χ4n) is 4.33. The highest BCUT2D eigenvalue weighted by Gasteiger charge is 2.35. The highest BCUT2D eigenvalue weighted by atomic mass is 16.5. The van der Waals surface area contributed by atoms with Crippen LogP contribution in [0.1, 0.15) is 65.5 Å². The minimum Gasteiger partial charge on any atom is -0.488 e. The van der Waals surface area contributed by atoms with Crippen molar-refractivity contribution in [3.8, 4) is 5.75 Å². The second-order valence-electron chi connectivity index (χ2n) is 9.51. The summed E-state index contributed by atoms with van der Waals surface area (Å²) in [5, 5.41) is 0. The van der Waals surface area contributed by atoms with Crippen LogP contribution in [0.15, 0.2) is 47.7 Å². The second-order valence-corrected chi connectivity index (χ2v) is 9.51. The maximum absolute atomic E-state index is 11.8. The Labute approximate surface area is 193 Å². The fourth-order valence-corrected chi connectivity index (χ4v) is 4.33. The predicted molar refractivity (Wildman–Crippen MR) is 130 cm³/mol. The van der Waals surface area contributed by atoms with Crippen molar-refractivity contribution in [2.75, 3.05) is 13.2 Å². The van der Waals surface area contributed by atoms with Crippen molar-refractivity contribution < 1.29 is 14.3 Å². The lowest BCUT2D eigenvalue weighted by atomic mass is 9.69. The number of hydrogen-bond donors (Lipinski definition) is 1. The molecule has 1 aliphatic rings. The quantitative estimate of drug-likeness (QED) is 0.559. The number of carbonyl (C=O) groups is 1. The van der Waals surface area contributed by atoms with E-state index in [-0.39, 0.29) is 23.3 Å². The van der Waals surface area contributed by atoms with Crippen molar-refractivity contribution in [3.05, 3.63) is 58.8 Å². The maximum atomic E-state index is 11.8. The van der Waals surface area contributed by atoms with Gasteiger partial charge in [-0.2, -0.15) is 0 Å². The Morgan fingerprint density at radius 3 is 2.31 bits per heavy atom. The third kappa shape index (κ3) is 5.16. The molecule has 0 aromatic heterocycles. The van der Waals surface area contributed by atoms with Crippen LogP contribution in [-0.2, 0) is 15.0 Å². The molecule has 0 saturated carbocycles. The van der Waals surface area contributed by atoms with Gasteiger partial charge in [0.25, 0.3) is 0 Å². The topological polar surface area (TPSA) is 72.6 Å². The Balaban J connectivity index is 2.39. The molecule has 0 fully saturated rings. The van der Waals surface area contributed by atoms with Crippen LogP contribution in [0.25, 0.3) is 0 Å². The van der Waals surface area contributed by atoms with E-state index in [1.54, 1.807) is 0 Å². The molecule has 32 heavy (non-hydrogen) atoms. The van der Waals surface area contributed by atoms with Gasteiger partial charge in [-0.15, -0.1) is 0 Å². The number of allylic oxidation sites excluding steroid dienone is 2. The Morgan fingerprint density at radius 2 is 1.84 bits per heavy atom. The third-order valence-electron chi connectivity index (χ3n) is 6.66. The summed E-state index contributed by atoms with van der Waals surface area (Å²) in [5.41, 5.74) is 9.14. The smallest absolute Gasteiger partial charge is 0.244 e. The molecule has 0 saturated heterocycles. The first-order valence-electron chi connectivity index (χ1n) is 11.5. The Hall–Kier alpha value is -2.78. The maximum Gasteiger partial charge on any atom is 0.244 e. The summed E-state index contributed by atoms with van der Waals surface area (Å²) in [4.78, 5) is 25.2. The number of ether oxygens (including phenoxy) is 1. The number of aryl methyl sites for hydroxylation is 1. The van der Waals surface area contributed by atoms with Crippen LogP contribution < -0.4 is 10.5 Å². The van der Waals surface area contributed by atoms with E-state index in [0.29, 0.717) is 12.1 Å². The summed E-state index contributed by atoms with van der Waals surface area (Å²) in [6.07, 6.45) is 7.89. The lowest BCUT2D eigenvalue weighted by Gasteiger charge is -2.39. The molecule has 1 unspecified atom stereocenters. The fraction of sp³-hybridized carbons (Fsp3) is 0.519. The number of rotatable bonds is 9. The largest absolute Gasteiger partial charge is 0.488 e. The first-order chi connectivity index (χ1) is 15.0. The summed E-state index contributed by atoms with van der Waals surface area (Å²) >= 11 is 0. The summed E-state index contributed by atoms with van der Waals surface area (Å²) in [6, 6.07) is 5.87. The van der Waals surface area contributed by atoms with Crippen LogP contribution in [-0.4, -0.2) is 35.9 Å². The van der Waals surface area contributed by atoms with E-state index in [9.17, 15) is 9.59 Å². The Kier molecular flexibility index (Phi) is 8.14. The number of hydrogen-bond acceptors (Lipinski definition) is 4. The van der Waals surface area contributed by atoms with Crippen LogP contribution in [0, 0.1) is 12.3 Å². The molecule has 2 rings (SSSR count). The molecular weight excluding hydrogens is 400 g/mol. The van der Waals surface area contributed by atoms with E-state index < -0.39 is 6.04 Å². The van der Waals surface area contributed by atoms with Crippen LogP contribution >= 0.6 is 0 Å². The van der Waals surface area contributed by atoms with Crippen LogP contribution in [0.4, 0.5) is 0 Å². The first kappa shape index (κ1) is 25.5. The van der Waals surface area contributed by atoms with E-state index in [1.807, 2.05) is 57.6 Å². The minimum atomic E-state index is -0.407. The summed E-state index contributed by atoms with van der Waals surface area (Å²) in [6.45, 7) is 15.3. The van der Waals surface area contributed by atoms with E-state index in [1.165, 1.54) is 11.1 Å². The third-order valence-corrected chi connectivity index (χ3v) is 6.66. The van der Waals surface area contributed by atoms with E-state index >= 15 is 0 Å². The zero-order valence-corrected chi connectivity index (χ0v) is 20.6. The van der Waals surface area contributed by atoms with Crippen LogP contribution in [0.2, 0.25) is 0 Å². The predicted octanol–water partition coefficient (Wildman–Crippen LogP) is 4.87. The standard InChI is InChI=1S/C27H38N2O3/c1-8-27(9-2,21-11-13-23(25(28)31)29(10-3)16-21)20-12-14-24(19(4)15-20)32-18-22(17-30)26(5,6)7/h11-16,23H,8-10,18H2,1-7H3,(H2,28,31). The molecule has 1 aromatic carbocycles. The zero-order valence-electron chi connectivity index (χ0n) is 20.6. The van der Waals surface area contributed by atoms with E-state index in [2.05, 4.69) is 38.3 Å². The van der Waals surface area contributed by atoms with Gasteiger partial charge in [-0.1, -0.05) is 58.9 Å². The van der Waals surface area contributed by atoms with Gasteiger partial charge in [0, 0.05) is 18.2 Å². The number of nitrogens with two attached hydrogens (primary N) is 1. The Bertz CT molecular complexity index is 942. The molecule has 0 aliphatic carbocycles. The van der Waals surface area contributed by atoms with E-state index in [4.69, 9.17) is 10.5 Å². The highest BCUT2D eigenvalue weighted by molar-refractivity contribution is 5.82.